The van der Waals surface area contributed by atoms with Gasteiger partial charge in [0.2, 0.25) is 0 Å². The van der Waals surface area contributed by atoms with Crippen molar-refractivity contribution in [1.82, 2.24) is 10.8 Å². The van der Waals surface area contributed by atoms with Crippen molar-refractivity contribution in [1.29, 1.82) is 5.26 Å². The molecule has 0 bridgehead atoms. The van der Waals surface area contributed by atoms with E-state index >= 15 is 0 Å². The molecule has 0 unspecified atom stereocenters. The third-order valence-electron chi connectivity index (χ3n) is 3.82. The van der Waals surface area contributed by atoms with Gasteiger partial charge in [-0.05, 0) is 63.6 Å². The van der Waals surface area contributed by atoms with Crippen molar-refractivity contribution in [2.24, 2.45) is 0 Å². The zero-order chi connectivity index (χ0) is 23.0. The number of aryl methyl sites for hydroxylation is 1. The minimum Gasteiger partial charge on any atom is -0.444 e. The number of carbonyl (C=O) groups is 2. The molecule has 0 atom stereocenters. The lowest BCUT2D eigenvalue weighted by Gasteiger charge is -2.19. The zero-order valence-electron chi connectivity index (χ0n) is 17.8. The lowest BCUT2D eigenvalue weighted by atomic mass is 10.1. The number of nitrogens with zero attached hydrogens (tertiary/aromatic N) is 1. The second-order valence-corrected chi connectivity index (χ2v) is 7.69. The predicted octanol–water partition coefficient (Wildman–Crippen LogP) is 3.94. The van der Waals surface area contributed by atoms with Gasteiger partial charge in [0.05, 0.1) is 35.2 Å². The first-order valence-corrected chi connectivity index (χ1v) is 9.55. The molecule has 0 saturated carbocycles. The first-order valence-electron chi connectivity index (χ1n) is 9.55. The predicted molar refractivity (Wildman–Crippen MR) is 113 cm³/mol. The van der Waals surface area contributed by atoms with Crippen molar-refractivity contribution in [3.8, 4) is 6.07 Å². The highest BCUT2D eigenvalue weighted by molar-refractivity contribution is 6.00. The van der Waals surface area contributed by atoms with Gasteiger partial charge in [0, 0.05) is 6.54 Å². The van der Waals surface area contributed by atoms with E-state index in [2.05, 4.69) is 16.1 Å². The van der Waals surface area contributed by atoms with Crippen LogP contribution < -0.4 is 16.1 Å². The number of rotatable bonds is 7. The molecule has 0 aliphatic heterocycles. The van der Waals surface area contributed by atoms with E-state index in [4.69, 9.17) is 14.8 Å². The molecule has 0 aromatic heterocycles. The van der Waals surface area contributed by atoms with Crippen LogP contribution in [0.25, 0.3) is 0 Å². The van der Waals surface area contributed by atoms with Gasteiger partial charge in [-0.25, -0.2) is 14.7 Å². The van der Waals surface area contributed by atoms with Crippen LogP contribution in [0.15, 0.2) is 36.4 Å². The van der Waals surface area contributed by atoms with Crippen LogP contribution in [-0.4, -0.2) is 30.8 Å². The molecule has 0 aliphatic rings. The van der Waals surface area contributed by atoms with Gasteiger partial charge in [0.15, 0.2) is 0 Å². The second kappa shape index (κ2) is 10.4. The molecule has 9 heteroatoms. The molecule has 0 radical (unpaired) electrons. The number of hydroxylamine groups is 1. The molecule has 0 fully saturated rings. The van der Waals surface area contributed by atoms with Gasteiger partial charge in [-0.3, -0.25) is 9.63 Å². The normalized spacial score (nSPS) is 10.7. The number of carbonyl (C=O) groups excluding carboxylic acids is 2. The Hall–Kier alpha value is -3.64. The Labute approximate surface area is 180 Å². The van der Waals surface area contributed by atoms with Crippen LogP contribution in [0.4, 0.5) is 20.6 Å². The van der Waals surface area contributed by atoms with E-state index in [-0.39, 0.29) is 30.1 Å². The number of halogens is 1. The Balaban J connectivity index is 1.99. The molecule has 2 aromatic carbocycles. The maximum atomic E-state index is 14.2. The van der Waals surface area contributed by atoms with Crippen LogP contribution in [0.3, 0.4) is 0 Å². The number of hydrogen-bond donors (Lipinski definition) is 3. The number of ether oxygens (including phenoxy) is 1. The van der Waals surface area contributed by atoms with E-state index in [0.29, 0.717) is 5.56 Å². The quantitative estimate of drug-likeness (QED) is 0.455. The fraction of sp³-hybridized carbons (Fsp3) is 0.318. The number of alkyl carbamates (subject to hydrolysis) is 1. The number of nitriles is 1. The van der Waals surface area contributed by atoms with Gasteiger partial charge in [0.1, 0.15) is 11.4 Å². The SMILES string of the molecule is Cc1ccc(Nc2cc(C#N)ccc2C(=O)NOCCNC(=O)OC(C)(C)C)c(F)c1. The average molecular weight is 428 g/mol. The molecular formula is C22H25FN4O4. The smallest absolute Gasteiger partial charge is 0.407 e. The van der Waals surface area contributed by atoms with Crippen molar-refractivity contribution in [2.75, 3.05) is 18.5 Å². The largest absolute Gasteiger partial charge is 0.444 e. The summed E-state index contributed by atoms with van der Waals surface area (Å²) in [5.41, 5.74) is 3.26. The number of anilines is 2. The number of hydrogen-bond acceptors (Lipinski definition) is 6. The fourth-order valence-electron chi connectivity index (χ4n) is 2.47. The van der Waals surface area contributed by atoms with Crippen LogP contribution in [0.2, 0.25) is 0 Å². The standard InChI is InChI=1S/C22H25FN4O4/c1-14-5-8-18(17(23)11-14)26-19-12-15(13-24)6-7-16(19)20(28)27-30-10-9-25-21(29)31-22(2,3)4/h5-8,11-12,26H,9-10H2,1-4H3,(H,25,29)(H,27,28). The minimum absolute atomic E-state index is 0.00336. The highest BCUT2D eigenvalue weighted by Crippen LogP contribution is 2.25. The van der Waals surface area contributed by atoms with Crippen LogP contribution in [-0.2, 0) is 9.57 Å². The molecule has 31 heavy (non-hydrogen) atoms. The Morgan fingerprint density at radius 3 is 2.52 bits per heavy atom. The van der Waals surface area contributed by atoms with Gasteiger partial charge < -0.3 is 15.4 Å². The fourth-order valence-corrected chi connectivity index (χ4v) is 2.47. The second-order valence-electron chi connectivity index (χ2n) is 7.69. The van der Waals surface area contributed by atoms with E-state index in [1.165, 1.54) is 24.3 Å². The maximum Gasteiger partial charge on any atom is 0.407 e. The summed E-state index contributed by atoms with van der Waals surface area (Å²) in [6, 6.07) is 11.0. The molecule has 2 rings (SSSR count). The van der Waals surface area contributed by atoms with Crippen molar-refractivity contribution in [2.45, 2.75) is 33.3 Å². The third kappa shape index (κ3) is 7.60. The summed E-state index contributed by atoms with van der Waals surface area (Å²) in [4.78, 5) is 29.2. The third-order valence-corrected chi connectivity index (χ3v) is 3.82. The molecule has 8 nitrogen and oxygen atoms in total. The van der Waals surface area contributed by atoms with Crippen molar-refractivity contribution in [3.63, 3.8) is 0 Å². The van der Waals surface area contributed by atoms with Crippen molar-refractivity contribution in [3.05, 3.63) is 58.9 Å². The summed E-state index contributed by atoms with van der Waals surface area (Å²) in [5.74, 6) is -1.09. The first-order chi connectivity index (χ1) is 14.6. The Kier molecular flexibility index (Phi) is 7.94. The zero-order valence-corrected chi connectivity index (χ0v) is 17.8. The van der Waals surface area contributed by atoms with E-state index in [9.17, 15) is 14.0 Å². The lowest BCUT2D eigenvalue weighted by Crippen LogP contribution is -2.35. The van der Waals surface area contributed by atoms with Gasteiger partial charge in [-0.2, -0.15) is 5.26 Å². The summed E-state index contributed by atoms with van der Waals surface area (Å²) in [5, 5.41) is 14.5. The van der Waals surface area contributed by atoms with E-state index < -0.39 is 23.4 Å². The van der Waals surface area contributed by atoms with E-state index in [0.717, 1.165) is 5.56 Å². The highest BCUT2D eigenvalue weighted by atomic mass is 19.1. The van der Waals surface area contributed by atoms with Crippen LogP contribution in [0.5, 0.6) is 0 Å². The molecular weight excluding hydrogens is 403 g/mol. The molecule has 0 heterocycles. The average Bonchev–Trinajstić information content (AvgIpc) is 2.68. The molecule has 2 aromatic rings. The topological polar surface area (TPSA) is 112 Å². The maximum absolute atomic E-state index is 14.2. The molecule has 0 aliphatic carbocycles. The Morgan fingerprint density at radius 1 is 1.13 bits per heavy atom. The van der Waals surface area contributed by atoms with E-state index in [1.54, 1.807) is 39.8 Å². The summed E-state index contributed by atoms with van der Waals surface area (Å²) in [7, 11) is 0. The summed E-state index contributed by atoms with van der Waals surface area (Å²) < 4.78 is 19.3. The molecule has 3 N–H and O–H groups in total. The summed E-state index contributed by atoms with van der Waals surface area (Å²) >= 11 is 0. The van der Waals surface area contributed by atoms with E-state index in [1.807, 2.05) is 6.07 Å². The van der Waals surface area contributed by atoms with Crippen LogP contribution >= 0.6 is 0 Å². The van der Waals surface area contributed by atoms with Gasteiger partial charge in [-0.1, -0.05) is 6.07 Å². The van der Waals surface area contributed by atoms with Crippen LogP contribution in [0.1, 0.15) is 42.3 Å². The van der Waals surface area contributed by atoms with Crippen molar-refractivity contribution < 1.29 is 23.6 Å². The lowest BCUT2D eigenvalue weighted by molar-refractivity contribution is 0.0284. The van der Waals surface area contributed by atoms with Gasteiger partial charge in [0.25, 0.3) is 5.91 Å². The number of amides is 2. The Morgan fingerprint density at radius 2 is 1.87 bits per heavy atom. The van der Waals surface area contributed by atoms with Crippen molar-refractivity contribution >= 4 is 23.4 Å². The Bertz CT molecular complexity index is 996. The monoisotopic (exact) mass is 428 g/mol. The number of benzene rings is 2. The first kappa shape index (κ1) is 23.6. The molecule has 164 valence electrons. The van der Waals surface area contributed by atoms with Gasteiger partial charge >= 0.3 is 6.09 Å². The minimum atomic E-state index is -0.616. The summed E-state index contributed by atoms with van der Waals surface area (Å²) in [6.07, 6.45) is -0.596. The number of nitrogens with one attached hydrogen (secondary N) is 3. The van der Waals surface area contributed by atoms with Gasteiger partial charge in [-0.15, -0.1) is 0 Å². The molecule has 2 amide bonds. The molecule has 0 saturated heterocycles. The summed E-state index contributed by atoms with van der Waals surface area (Å²) in [6.45, 7) is 7.11. The highest BCUT2D eigenvalue weighted by Gasteiger charge is 2.16. The molecule has 0 spiro atoms. The van der Waals surface area contributed by atoms with Crippen LogP contribution in [0, 0.1) is 24.1 Å².